The lowest BCUT2D eigenvalue weighted by atomic mass is 10.3. The molecule has 0 saturated heterocycles. The number of hydrogen-bond donors (Lipinski definition) is 1. The van der Waals surface area contributed by atoms with Gasteiger partial charge < -0.3 is 4.74 Å². The summed E-state index contributed by atoms with van der Waals surface area (Å²) in [4.78, 5) is 11.2. The number of carbonyl (C=O) groups is 1. The van der Waals surface area contributed by atoms with Crippen LogP contribution in [0.15, 0.2) is 30.3 Å². The molecule has 1 unspecified atom stereocenters. The van der Waals surface area contributed by atoms with Crippen molar-refractivity contribution in [1.82, 2.24) is 0 Å². The fourth-order valence-corrected chi connectivity index (χ4v) is 0.904. The van der Waals surface area contributed by atoms with Gasteiger partial charge in [0.1, 0.15) is 6.10 Å². The predicted molar refractivity (Wildman–Crippen MR) is 56.0 cm³/mol. The van der Waals surface area contributed by atoms with Crippen LogP contribution in [-0.4, -0.2) is 12.2 Å². The van der Waals surface area contributed by atoms with Crippen molar-refractivity contribution < 1.29 is 9.53 Å². The normalized spacial score (nSPS) is 11.9. The van der Waals surface area contributed by atoms with Crippen LogP contribution in [-0.2, 0) is 4.74 Å². The number of benzene rings is 1. The zero-order valence-electron chi connectivity index (χ0n) is 8.19. The second-order valence-electron chi connectivity index (χ2n) is 2.93. The maximum absolute atomic E-state index is 11.2. The molecule has 0 spiro atoms. The Bertz CT molecular complexity index is 285. The van der Waals surface area contributed by atoms with E-state index in [1.54, 1.807) is 12.1 Å². The minimum atomic E-state index is -0.460. The molecule has 1 N–H and O–H groups in total. The SMILES string of the molecule is [CH2]C(CC)OC(=O)Nc1ccccc1. The van der Waals surface area contributed by atoms with Crippen LogP contribution in [0.3, 0.4) is 0 Å². The molecule has 0 aliphatic carbocycles. The number of carbonyl (C=O) groups excluding carboxylic acids is 1. The molecule has 1 radical (unpaired) electrons. The van der Waals surface area contributed by atoms with E-state index in [-0.39, 0.29) is 6.10 Å². The number of nitrogens with one attached hydrogen (secondary N) is 1. The van der Waals surface area contributed by atoms with Gasteiger partial charge in [0.15, 0.2) is 0 Å². The first kappa shape index (κ1) is 10.6. The summed E-state index contributed by atoms with van der Waals surface area (Å²) in [5.41, 5.74) is 0.723. The molecule has 0 fully saturated rings. The minimum absolute atomic E-state index is 0.293. The molecule has 3 nitrogen and oxygen atoms in total. The van der Waals surface area contributed by atoms with Gasteiger partial charge in [-0.15, -0.1) is 0 Å². The molecular formula is C11H14NO2. The van der Waals surface area contributed by atoms with E-state index in [4.69, 9.17) is 4.74 Å². The van der Waals surface area contributed by atoms with E-state index in [1.165, 1.54) is 0 Å². The highest BCUT2D eigenvalue weighted by molar-refractivity contribution is 5.84. The van der Waals surface area contributed by atoms with Crippen LogP contribution >= 0.6 is 0 Å². The molecule has 0 heterocycles. The second-order valence-corrected chi connectivity index (χ2v) is 2.93. The fraction of sp³-hybridized carbons (Fsp3) is 0.273. The van der Waals surface area contributed by atoms with Gasteiger partial charge in [-0.2, -0.15) is 0 Å². The Morgan fingerprint density at radius 2 is 2.14 bits per heavy atom. The minimum Gasteiger partial charge on any atom is -0.446 e. The van der Waals surface area contributed by atoms with E-state index in [0.717, 1.165) is 5.69 Å². The Morgan fingerprint density at radius 3 is 2.71 bits per heavy atom. The molecule has 1 rings (SSSR count). The fourth-order valence-electron chi connectivity index (χ4n) is 0.904. The third kappa shape index (κ3) is 3.47. The number of hydrogen-bond acceptors (Lipinski definition) is 2. The Kier molecular flexibility index (Phi) is 3.98. The Balaban J connectivity index is 2.42. The monoisotopic (exact) mass is 192 g/mol. The Hall–Kier alpha value is -1.51. The van der Waals surface area contributed by atoms with Crippen LogP contribution in [0.25, 0.3) is 0 Å². The van der Waals surface area contributed by atoms with Gasteiger partial charge in [0.25, 0.3) is 0 Å². The van der Waals surface area contributed by atoms with Crippen LogP contribution < -0.4 is 5.32 Å². The van der Waals surface area contributed by atoms with Crippen molar-refractivity contribution >= 4 is 11.8 Å². The first-order valence-corrected chi connectivity index (χ1v) is 4.58. The molecule has 75 valence electrons. The number of para-hydroxylation sites is 1. The lowest BCUT2D eigenvalue weighted by Crippen LogP contribution is -2.19. The quantitative estimate of drug-likeness (QED) is 0.799. The first-order valence-electron chi connectivity index (χ1n) is 4.58. The molecule has 0 aliphatic rings. The molecule has 1 amide bonds. The molecule has 0 aliphatic heterocycles. The van der Waals surface area contributed by atoms with E-state index in [0.29, 0.717) is 6.42 Å². The van der Waals surface area contributed by atoms with E-state index in [2.05, 4.69) is 12.2 Å². The summed E-state index contributed by atoms with van der Waals surface area (Å²) in [5, 5.41) is 2.61. The van der Waals surface area contributed by atoms with Crippen molar-refractivity contribution in [3.8, 4) is 0 Å². The summed E-state index contributed by atoms with van der Waals surface area (Å²) in [6.45, 7) is 5.57. The zero-order chi connectivity index (χ0) is 10.4. The topological polar surface area (TPSA) is 38.3 Å². The Morgan fingerprint density at radius 1 is 1.50 bits per heavy atom. The second kappa shape index (κ2) is 5.27. The zero-order valence-corrected chi connectivity index (χ0v) is 8.19. The van der Waals surface area contributed by atoms with Crippen molar-refractivity contribution in [2.75, 3.05) is 5.32 Å². The van der Waals surface area contributed by atoms with E-state index in [9.17, 15) is 4.79 Å². The average Bonchev–Trinajstić information content (AvgIpc) is 2.19. The van der Waals surface area contributed by atoms with Gasteiger partial charge in [-0.25, -0.2) is 4.79 Å². The maximum atomic E-state index is 11.2. The predicted octanol–water partition coefficient (Wildman–Crippen LogP) is 2.85. The standard InChI is InChI=1S/C11H14NO2/c1-3-9(2)14-11(13)12-10-7-5-4-6-8-10/h4-9H,2-3H2,1H3,(H,12,13). The number of anilines is 1. The summed E-state index contributed by atoms with van der Waals surface area (Å²) < 4.78 is 4.94. The molecule has 1 aromatic carbocycles. The average molecular weight is 192 g/mol. The number of ether oxygens (including phenoxy) is 1. The van der Waals surface area contributed by atoms with Gasteiger partial charge in [0.05, 0.1) is 0 Å². The van der Waals surface area contributed by atoms with Gasteiger partial charge in [-0.3, -0.25) is 5.32 Å². The van der Waals surface area contributed by atoms with Gasteiger partial charge in [0.2, 0.25) is 0 Å². The third-order valence-corrected chi connectivity index (χ3v) is 1.75. The van der Waals surface area contributed by atoms with Crippen molar-refractivity contribution in [3.05, 3.63) is 37.3 Å². The summed E-state index contributed by atoms with van der Waals surface area (Å²) in [6, 6.07) is 9.16. The molecular weight excluding hydrogens is 178 g/mol. The van der Waals surface area contributed by atoms with E-state index < -0.39 is 6.09 Å². The third-order valence-electron chi connectivity index (χ3n) is 1.75. The largest absolute Gasteiger partial charge is 0.446 e. The molecule has 14 heavy (non-hydrogen) atoms. The van der Waals surface area contributed by atoms with E-state index in [1.807, 2.05) is 25.1 Å². The van der Waals surface area contributed by atoms with Crippen molar-refractivity contribution in [2.45, 2.75) is 19.4 Å². The molecule has 0 aromatic heterocycles. The molecule has 3 heteroatoms. The van der Waals surface area contributed by atoms with Crippen molar-refractivity contribution in [1.29, 1.82) is 0 Å². The smallest absolute Gasteiger partial charge is 0.411 e. The molecule has 1 atom stereocenters. The van der Waals surface area contributed by atoms with Gasteiger partial charge >= 0.3 is 6.09 Å². The van der Waals surface area contributed by atoms with Crippen molar-refractivity contribution in [2.24, 2.45) is 0 Å². The molecule has 0 bridgehead atoms. The maximum Gasteiger partial charge on any atom is 0.411 e. The number of amides is 1. The van der Waals surface area contributed by atoms with Crippen LogP contribution in [0.2, 0.25) is 0 Å². The highest BCUT2D eigenvalue weighted by Crippen LogP contribution is 2.06. The van der Waals surface area contributed by atoms with Crippen LogP contribution in [0.5, 0.6) is 0 Å². The van der Waals surface area contributed by atoms with Crippen molar-refractivity contribution in [3.63, 3.8) is 0 Å². The number of rotatable bonds is 3. The van der Waals surface area contributed by atoms with Gasteiger partial charge in [-0.05, 0) is 25.5 Å². The summed E-state index contributed by atoms with van der Waals surface area (Å²) in [5.74, 6) is 0. The lowest BCUT2D eigenvalue weighted by Gasteiger charge is -2.11. The summed E-state index contributed by atoms with van der Waals surface area (Å²) >= 11 is 0. The lowest BCUT2D eigenvalue weighted by molar-refractivity contribution is 0.131. The van der Waals surface area contributed by atoms with Gasteiger partial charge in [0, 0.05) is 5.69 Å². The Labute approximate surface area is 84.1 Å². The summed E-state index contributed by atoms with van der Waals surface area (Å²) in [6.07, 6.45) is -0.0425. The summed E-state index contributed by atoms with van der Waals surface area (Å²) in [7, 11) is 0. The van der Waals surface area contributed by atoms with Crippen LogP contribution in [0.4, 0.5) is 10.5 Å². The van der Waals surface area contributed by atoms with Crippen LogP contribution in [0, 0.1) is 6.92 Å². The molecule has 0 saturated carbocycles. The van der Waals surface area contributed by atoms with E-state index >= 15 is 0 Å². The van der Waals surface area contributed by atoms with Crippen LogP contribution in [0.1, 0.15) is 13.3 Å². The highest BCUT2D eigenvalue weighted by Gasteiger charge is 2.06. The first-order chi connectivity index (χ1) is 6.72. The highest BCUT2D eigenvalue weighted by atomic mass is 16.6. The molecule has 1 aromatic rings. The van der Waals surface area contributed by atoms with Gasteiger partial charge in [-0.1, -0.05) is 25.1 Å².